The highest BCUT2D eigenvalue weighted by atomic mass is 14.3. The van der Waals surface area contributed by atoms with Crippen LogP contribution in [0.5, 0.6) is 0 Å². The summed E-state index contributed by atoms with van der Waals surface area (Å²) in [6, 6.07) is 0. The Hall–Kier alpha value is 0. The van der Waals surface area contributed by atoms with Crippen LogP contribution in [0.3, 0.4) is 0 Å². The third kappa shape index (κ3) is 11.8. The van der Waals surface area contributed by atoms with Gasteiger partial charge in [-0.25, -0.2) is 0 Å². The van der Waals surface area contributed by atoms with Crippen molar-refractivity contribution in [1.82, 2.24) is 0 Å². The Labute approximate surface area is 130 Å². The summed E-state index contributed by atoms with van der Waals surface area (Å²) in [5.41, 5.74) is 0.648. The highest BCUT2D eigenvalue weighted by molar-refractivity contribution is 4.74. The molecule has 0 aromatic rings. The third-order valence-electron chi connectivity index (χ3n) is 4.90. The summed E-state index contributed by atoms with van der Waals surface area (Å²) in [6.07, 6.45) is 21.6. The topological polar surface area (TPSA) is 0 Å². The molecule has 0 spiro atoms. The maximum Gasteiger partial charge on any atom is -0.0326 e. The van der Waals surface area contributed by atoms with E-state index in [4.69, 9.17) is 0 Å². The summed E-state index contributed by atoms with van der Waals surface area (Å²) in [5, 5.41) is 0. The Morgan fingerprint density at radius 1 is 0.450 bits per heavy atom. The lowest BCUT2D eigenvalue weighted by Crippen LogP contribution is -2.16. The molecule has 0 saturated carbocycles. The second kappa shape index (κ2) is 14.0. The Morgan fingerprint density at radius 3 is 1.00 bits per heavy atom. The lowest BCUT2D eigenvalue weighted by Gasteiger charge is -2.30. The molecule has 0 aromatic carbocycles. The van der Waals surface area contributed by atoms with Crippen LogP contribution >= 0.6 is 0 Å². The third-order valence-corrected chi connectivity index (χ3v) is 4.90. The molecular weight excluding hydrogens is 240 g/mol. The maximum atomic E-state index is 2.58. The van der Waals surface area contributed by atoms with Gasteiger partial charge in [0.25, 0.3) is 0 Å². The van der Waals surface area contributed by atoms with E-state index in [-0.39, 0.29) is 0 Å². The standard InChI is InChI=1S/C20H42/c1-5-8-11-14-17-20(4,18-15-12-9-6-2)19-16-13-10-7-3/h5-19H2,1-4H3. The lowest BCUT2D eigenvalue weighted by molar-refractivity contribution is 0.223. The second-order valence-corrected chi connectivity index (χ2v) is 7.24. The number of hydrogen-bond donors (Lipinski definition) is 0. The molecule has 122 valence electrons. The van der Waals surface area contributed by atoms with Gasteiger partial charge in [-0.2, -0.15) is 0 Å². The molecule has 0 nitrogen and oxygen atoms in total. The molecule has 20 heavy (non-hydrogen) atoms. The van der Waals surface area contributed by atoms with Crippen molar-refractivity contribution in [3.8, 4) is 0 Å². The molecule has 0 aromatic heterocycles. The lowest BCUT2D eigenvalue weighted by atomic mass is 9.76. The molecule has 0 heteroatoms. The predicted octanol–water partition coefficient (Wildman–Crippen LogP) is 7.90. The molecule has 0 N–H and O–H groups in total. The highest BCUT2D eigenvalue weighted by Crippen LogP contribution is 2.36. The van der Waals surface area contributed by atoms with Crippen LogP contribution in [0.25, 0.3) is 0 Å². The molecule has 0 heterocycles. The van der Waals surface area contributed by atoms with Gasteiger partial charge in [0.1, 0.15) is 0 Å². The van der Waals surface area contributed by atoms with Crippen molar-refractivity contribution in [2.75, 3.05) is 0 Å². The minimum Gasteiger partial charge on any atom is -0.0654 e. The van der Waals surface area contributed by atoms with Crippen molar-refractivity contribution in [2.45, 2.75) is 124 Å². The molecule has 0 aliphatic rings. The zero-order valence-corrected chi connectivity index (χ0v) is 15.1. The number of unbranched alkanes of at least 4 members (excludes halogenated alkanes) is 9. The Kier molecular flexibility index (Phi) is 14.0. The van der Waals surface area contributed by atoms with Crippen LogP contribution in [0.1, 0.15) is 124 Å². The van der Waals surface area contributed by atoms with Gasteiger partial charge in [-0.05, 0) is 24.7 Å². The monoisotopic (exact) mass is 282 g/mol. The molecule has 0 fully saturated rings. The first-order chi connectivity index (χ1) is 9.68. The quantitative estimate of drug-likeness (QED) is 0.268. The van der Waals surface area contributed by atoms with Crippen molar-refractivity contribution in [2.24, 2.45) is 5.41 Å². The predicted molar refractivity (Wildman–Crippen MR) is 94.4 cm³/mol. The number of rotatable bonds is 15. The van der Waals surface area contributed by atoms with E-state index in [9.17, 15) is 0 Å². The van der Waals surface area contributed by atoms with Crippen molar-refractivity contribution in [1.29, 1.82) is 0 Å². The summed E-state index contributed by atoms with van der Waals surface area (Å²) >= 11 is 0. The number of hydrogen-bond acceptors (Lipinski definition) is 0. The normalized spacial score (nSPS) is 12.0. The minimum absolute atomic E-state index is 0.648. The van der Waals surface area contributed by atoms with E-state index in [2.05, 4.69) is 27.7 Å². The molecule has 0 radical (unpaired) electrons. The zero-order chi connectivity index (χ0) is 15.1. The van der Waals surface area contributed by atoms with Crippen LogP contribution in [0.15, 0.2) is 0 Å². The average molecular weight is 283 g/mol. The van der Waals surface area contributed by atoms with E-state index in [1.165, 1.54) is 96.3 Å². The van der Waals surface area contributed by atoms with E-state index in [1.54, 1.807) is 0 Å². The SMILES string of the molecule is CCCCCCC(C)(CCCCCC)CCCCCC. The fraction of sp³-hybridized carbons (Fsp3) is 1.00. The van der Waals surface area contributed by atoms with Crippen molar-refractivity contribution in [3.63, 3.8) is 0 Å². The first-order valence-corrected chi connectivity index (χ1v) is 9.68. The van der Waals surface area contributed by atoms with Gasteiger partial charge < -0.3 is 0 Å². The largest absolute Gasteiger partial charge is 0.0654 e. The van der Waals surface area contributed by atoms with Crippen LogP contribution in [0, 0.1) is 5.41 Å². The van der Waals surface area contributed by atoms with Gasteiger partial charge >= 0.3 is 0 Å². The first kappa shape index (κ1) is 20.0. The van der Waals surface area contributed by atoms with Crippen molar-refractivity contribution in [3.05, 3.63) is 0 Å². The summed E-state index contributed by atoms with van der Waals surface area (Å²) < 4.78 is 0. The van der Waals surface area contributed by atoms with Crippen molar-refractivity contribution < 1.29 is 0 Å². The molecule has 0 atom stereocenters. The van der Waals surface area contributed by atoms with E-state index < -0.39 is 0 Å². The molecule has 0 amide bonds. The molecule has 0 aliphatic heterocycles. The molecule has 0 aliphatic carbocycles. The maximum absolute atomic E-state index is 2.58. The van der Waals surface area contributed by atoms with Gasteiger partial charge in [-0.15, -0.1) is 0 Å². The van der Waals surface area contributed by atoms with Crippen LogP contribution < -0.4 is 0 Å². The summed E-state index contributed by atoms with van der Waals surface area (Å²) in [5.74, 6) is 0. The van der Waals surface area contributed by atoms with E-state index >= 15 is 0 Å². The Morgan fingerprint density at radius 2 is 0.750 bits per heavy atom. The fourth-order valence-corrected chi connectivity index (χ4v) is 3.31. The van der Waals surface area contributed by atoms with Crippen molar-refractivity contribution >= 4 is 0 Å². The van der Waals surface area contributed by atoms with E-state index in [0.29, 0.717) is 5.41 Å². The van der Waals surface area contributed by atoms with Gasteiger partial charge in [0.2, 0.25) is 0 Å². The molecule has 0 saturated heterocycles. The molecular formula is C20H42. The van der Waals surface area contributed by atoms with Gasteiger partial charge in [-0.1, -0.05) is 105 Å². The molecule has 0 bridgehead atoms. The zero-order valence-electron chi connectivity index (χ0n) is 15.1. The smallest absolute Gasteiger partial charge is 0.0326 e. The summed E-state index contributed by atoms with van der Waals surface area (Å²) in [4.78, 5) is 0. The summed E-state index contributed by atoms with van der Waals surface area (Å²) in [6.45, 7) is 9.52. The Balaban J connectivity index is 3.98. The van der Waals surface area contributed by atoms with Crippen LogP contribution in [0.2, 0.25) is 0 Å². The van der Waals surface area contributed by atoms with Gasteiger partial charge in [0.15, 0.2) is 0 Å². The van der Waals surface area contributed by atoms with Gasteiger partial charge in [0, 0.05) is 0 Å². The van der Waals surface area contributed by atoms with Gasteiger partial charge in [-0.3, -0.25) is 0 Å². The van der Waals surface area contributed by atoms with Crippen LogP contribution in [-0.4, -0.2) is 0 Å². The first-order valence-electron chi connectivity index (χ1n) is 9.68. The second-order valence-electron chi connectivity index (χ2n) is 7.24. The van der Waals surface area contributed by atoms with E-state index in [0.717, 1.165) is 0 Å². The summed E-state index contributed by atoms with van der Waals surface area (Å²) in [7, 11) is 0. The Bertz CT molecular complexity index is 151. The molecule has 0 rings (SSSR count). The average Bonchev–Trinajstić information content (AvgIpc) is 2.45. The fourth-order valence-electron chi connectivity index (χ4n) is 3.31. The van der Waals surface area contributed by atoms with E-state index in [1.807, 2.05) is 0 Å². The van der Waals surface area contributed by atoms with Crippen LogP contribution in [-0.2, 0) is 0 Å². The van der Waals surface area contributed by atoms with Crippen LogP contribution in [0.4, 0.5) is 0 Å². The minimum atomic E-state index is 0.648. The van der Waals surface area contributed by atoms with Gasteiger partial charge in [0.05, 0.1) is 0 Å². The highest BCUT2D eigenvalue weighted by Gasteiger charge is 2.22. The molecule has 0 unspecified atom stereocenters.